The number of halogens is 3. The second-order valence-corrected chi connectivity index (χ2v) is 3.94. The van der Waals surface area contributed by atoms with Crippen LogP contribution in [-0.4, -0.2) is 18.1 Å². The maximum Gasteiger partial charge on any atom is 0.357 e. The number of aromatic nitrogens is 1. The predicted octanol–water partition coefficient (Wildman–Crippen LogP) is 1.87. The van der Waals surface area contributed by atoms with E-state index in [-0.39, 0.29) is 27.1 Å². The number of hydrogen-bond acceptors (Lipinski definition) is 4. The first-order chi connectivity index (χ1) is 7.51. The van der Waals surface area contributed by atoms with Gasteiger partial charge in [0, 0.05) is 12.1 Å². The second-order valence-electron chi connectivity index (χ2n) is 2.86. The van der Waals surface area contributed by atoms with E-state index >= 15 is 0 Å². The van der Waals surface area contributed by atoms with E-state index in [9.17, 15) is 13.6 Å². The molecule has 1 heterocycles. The van der Waals surface area contributed by atoms with Gasteiger partial charge >= 0.3 is 5.97 Å². The van der Waals surface area contributed by atoms with Gasteiger partial charge in [0.15, 0.2) is 5.69 Å². The van der Waals surface area contributed by atoms with Crippen molar-refractivity contribution in [3.63, 3.8) is 0 Å². The first-order valence-corrected chi connectivity index (χ1v) is 5.35. The highest BCUT2D eigenvalue weighted by Gasteiger charge is 2.21. The van der Waals surface area contributed by atoms with Crippen LogP contribution in [-0.2, 0) is 11.3 Å². The zero-order chi connectivity index (χ0) is 12.3. The molecule has 0 fully saturated rings. The molecule has 0 saturated carbocycles. The number of esters is 1. The minimum atomic E-state index is -2.68. The van der Waals surface area contributed by atoms with Gasteiger partial charge in [0.25, 0.3) is 6.43 Å². The molecule has 7 heteroatoms. The predicted molar refractivity (Wildman–Crippen MR) is 61.1 cm³/mol. The quantitative estimate of drug-likeness (QED) is 0.673. The van der Waals surface area contributed by atoms with Gasteiger partial charge in [-0.2, -0.15) is 0 Å². The number of carbonyl (C=O) groups excluding carboxylic acids is 1. The number of alkyl halides is 2. The third-order valence-corrected chi connectivity index (χ3v) is 3.00. The van der Waals surface area contributed by atoms with Gasteiger partial charge in [0.05, 0.1) is 16.4 Å². The number of hydrogen-bond donors (Lipinski definition) is 1. The molecule has 0 aromatic carbocycles. The molecule has 0 aliphatic rings. The van der Waals surface area contributed by atoms with E-state index in [4.69, 9.17) is 5.73 Å². The first-order valence-electron chi connectivity index (χ1n) is 4.27. The molecule has 0 amide bonds. The van der Waals surface area contributed by atoms with Gasteiger partial charge < -0.3 is 10.5 Å². The number of nitrogens with zero attached hydrogens (tertiary/aromatic N) is 1. The summed E-state index contributed by atoms with van der Waals surface area (Å²) in [5.74, 6) is -0.749. The molecule has 2 N–H and O–H groups in total. The Bertz CT molecular complexity index is 413. The Kier molecular flexibility index (Phi) is 4.54. The maximum absolute atomic E-state index is 12.7. The summed E-state index contributed by atoms with van der Waals surface area (Å²) in [4.78, 5) is 15.2. The van der Waals surface area contributed by atoms with Crippen molar-refractivity contribution in [1.29, 1.82) is 0 Å². The largest absolute Gasteiger partial charge is 0.464 e. The maximum atomic E-state index is 12.7. The highest BCUT2D eigenvalue weighted by atomic mass is 127. The Morgan fingerprint density at radius 1 is 1.69 bits per heavy atom. The van der Waals surface area contributed by atoms with Gasteiger partial charge in [0.2, 0.25) is 0 Å². The van der Waals surface area contributed by atoms with Crippen molar-refractivity contribution in [2.24, 2.45) is 5.73 Å². The summed E-state index contributed by atoms with van der Waals surface area (Å²) in [6, 6.07) is 1.19. The molecular weight excluding hydrogens is 333 g/mol. The fourth-order valence-corrected chi connectivity index (χ4v) is 1.83. The van der Waals surface area contributed by atoms with Crippen LogP contribution < -0.4 is 5.73 Å². The van der Waals surface area contributed by atoms with Crippen LogP contribution in [0.4, 0.5) is 8.78 Å². The average molecular weight is 342 g/mol. The molecule has 0 saturated heterocycles. The summed E-state index contributed by atoms with van der Waals surface area (Å²) >= 11 is 1.64. The van der Waals surface area contributed by atoms with Crippen molar-refractivity contribution in [2.75, 3.05) is 7.11 Å². The number of carbonyl (C=O) groups is 1. The van der Waals surface area contributed by atoms with E-state index < -0.39 is 12.4 Å². The smallest absolute Gasteiger partial charge is 0.357 e. The average Bonchev–Trinajstić information content (AvgIpc) is 2.28. The third kappa shape index (κ3) is 2.64. The lowest BCUT2D eigenvalue weighted by Crippen LogP contribution is -2.13. The molecule has 1 rings (SSSR count). The highest BCUT2D eigenvalue weighted by molar-refractivity contribution is 14.1. The summed E-state index contributed by atoms with van der Waals surface area (Å²) in [7, 11) is 1.16. The normalized spacial score (nSPS) is 10.6. The van der Waals surface area contributed by atoms with Crippen LogP contribution in [0.25, 0.3) is 0 Å². The molecule has 0 aliphatic carbocycles. The van der Waals surface area contributed by atoms with Crippen molar-refractivity contribution in [3.05, 3.63) is 26.6 Å². The Morgan fingerprint density at radius 3 is 2.75 bits per heavy atom. The molecule has 0 aliphatic heterocycles. The standard InChI is InChI=1S/C9H9F2IN2O2/c1-16-9(15)7-6(12)5(8(10)11)2-4(3-13)14-7/h2,8H,3,13H2,1H3. The Labute approximate surface area is 104 Å². The van der Waals surface area contributed by atoms with Crippen LogP contribution in [0, 0.1) is 3.57 Å². The minimum absolute atomic E-state index is 0.0133. The van der Waals surface area contributed by atoms with Crippen LogP contribution in [0.1, 0.15) is 28.2 Å². The molecular formula is C9H9F2IN2O2. The molecule has 0 atom stereocenters. The molecule has 16 heavy (non-hydrogen) atoms. The molecule has 4 nitrogen and oxygen atoms in total. The topological polar surface area (TPSA) is 65.2 Å². The molecule has 1 aromatic rings. The lowest BCUT2D eigenvalue weighted by atomic mass is 10.2. The van der Waals surface area contributed by atoms with E-state index in [1.165, 1.54) is 6.07 Å². The first kappa shape index (κ1) is 13.2. The summed E-state index contributed by atoms with van der Waals surface area (Å²) in [5, 5.41) is 0. The van der Waals surface area contributed by atoms with Crippen molar-refractivity contribution < 1.29 is 18.3 Å². The fourth-order valence-electron chi connectivity index (χ4n) is 1.10. The molecule has 0 spiro atoms. The lowest BCUT2D eigenvalue weighted by molar-refractivity contribution is 0.0591. The van der Waals surface area contributed by atoms with Gasteiger partial charge in [-0.25, -0.2) is 18.6 Å². The highest BCUT2D eigenvalue weighted by Crippen LogP contribution is 2.27. The van der Waals surface area contributed by atoms with Crippen molar-refractivity contribution >= 4 is 28.6 Å². The molecule has 0 radical (unpaired) electrons. The van der Waals surface area contributed by atoms with Crippen molar-refractivity contribution in [1.82, 2.24) is 4.98 Å². The minimum Gasteiger partial charge on any atom is -0.464 e. The summed E-state index contributed by atoms with van der Waals surface area (Å²) in [6.07, 6.45) is -2.68. The van der Waals surface area contributed by atoms with E-state index in [1.807, 2.05) is 0 Å². The Hall–Kier alpha value is -0.830. The fraction of sp³-hybridized carbons (Fsp3) is 0.333. The van der Waals surface area contributed by atoms with Crippen LogP contribution in [0.3, 0.4) is 0 Å². The van der Waals surface area contributed by atoms with Crippen LogP contribution in [0.15, 0.2) is 6.07 Å². The molecule has 1 aromatic heterocycles. The van der Waals surface area contributed by atoms with Crippen LogP contribution in [0.2, 0.25) is 0 Å². The summed E-state index contributed by atoms with van der Waals surface area (Å²) < 4.78 is 29.9. The summed E-state index contributed by atoms with van der Waals surface area (Å²) in [5.41, 5.74) is 5.17. The van der Waals surface area contributed by atoms with Gasteiger partial charge in [-0.15, -0.1) is 0 Å². The zero-order valence-corrected chi connectivity index (χ0v) is 10.5. The van der Waals surface area contributed by atoms with Gasteiger partial charge in [-0.05, 0) is 28.7 Å². The van der Waals surface area contributed by atoms with E-state index in [1.54, 1.807) is 22.6 Å². The Morgan fingerprint density at radius 2 is 2.31 bits per heavy atom. The van der Waals surface area contributed by atoms with Crippen LogP contribution >= 0.6 is 22.6 Å². The number of rotatable bonds is 3. The number of methoxy groups -OCH3 is 1. The Balaban J connectivity index is 3.37. The lowest BCUT2D eigenvalue weighted by Gasteiger charge is -2.09. The van der Waals surface area contributed by atoms with Crippen molar-refractivity contribution in [2.45, 2.75) is 13.0 Å². The number of nitrogens with two attached hydrogens (primary N) is 1. The number of ether oxygens (including phenoxy) is 1. The molecule has 88 valence electrons. The van der Waals surface area contributed by atoms with Gasteiger partial charge in [0.1, 0.15) is 0 Å². The van der Waals surface area contributed by atoms with Crippen molar-refractivity contribution in [3.8, 4) is 0 Å². The number of pyridine rings is 1. The van der Waals surface area contributed by atoms with Gasteiger partial charge in [-0.1, -0.05) is 0 Å². The summed E-state index contributed by atoms with van der Waals surface area (Å²) in [6.45, 7) is -0.0133. The molecule has 0 unspecified atom stereocenters. The SMILES string of the molecule is COC(=O)c1nc(CN)cc(C(F)F)c1I. The van der Waals surface area contributed by atoms with E-state index in [2.05, 4.69) is 9.72 Å². The van der Waals surface area contributed by atoms with E-state index in [0.29, 0.717) is 0 Å². The second kappa shape index (κ2) is 5.48. The third-order valence-electron chi connectivity index (χ3n) is 1.86. The van der Waals surface area contributed by atoms with Gasteiger partial charge in [-0.3, -0.25) is 0 Å². The van der Waals surface area contributed by atoms with Crippen LogP contribution in [0.5, 0.6) is 0 Å². The monoisotopic (exact) mass is 342 g/mol. The molecule has 0 bridgehead atoms. The van der Waals surface area contributed by atoms with E-state index in [0.717, 1.165) is 7.11 Å². The zero-order valence-electron chi connectivity index (χ0n) is 8.34.